The number of benzene rings is 4. The normalized spacial score (nSPS) is 11.7. The van der Waals surface area contributed by atoms with Gasteiger partial charge in [0.25, 0.3) is 0 Å². The Balaban J connectivity index is 2.18. The molecule has 1 nitrogen and oxygen atoms in total. The highest BCUT2D eigenvalue weighted by molar-refractivity contribution is 6.27. The van der Waals surface area contributed by atoms with Gasteiger partial charge in [0, 0.05) is 21.9 Å². The molecular weight excluding hydrogens is 290 g/mol. The zero-order valence-corrected chi connectivity index (χ0v) is 13.6. The Bertz CT molecular complexity index is 1230. The number of pyridine rings is 1. The number of rotatable bonds is 1. The third kappa shape index (κ3) is 1.78. The van der Waals surface area contributed by atoms with E-state index in [9.17, 15) is 0 Å². The number of hydrogen-bond acceptors (Lipinski definition) is 1. The van der Waals surface area contributed by atoms with Crippen molar-refractivity contribution in [3.05, 3.63) is 78.5 Å². The van der Waals surface area contributed by atoms with Gasteiger partial charge in [-0.05, 0) is 34.0 Å². The summed E-state index contributed by atoms with van der Waals surface area (Å²) in [4.78, 5) is 4.91. The largest absolute Gasteiger partial charge is 0.252 e. The first-order chi connectivity index (χ1) is 11.9. The Morgan fingerprint density at radius 3 is 2.21 bits per heavy atom. The molecule has 0 spiro atoms. The van der Waals surface area contributed by atoms with Crippen molar-refractivity contribution < 1.29 is 0 Å². The van der Waals surface area contributed by atoms with Crippen LogP contribution in [0.5, 0.6) is 0 Å². The second kappa shape index (κ2) is 5.04. The molecule has 0 aliphatic carbocycles. The monoisotopic (exact) mass is 307 g/mol. The van der Waals surface area contributed by atoms with Crippen LogP contribution >= 0.6 is 0 Å². The summed E-state index contributed by atoms with van der Waals surface area (Å²) in [7, 11) is 0. The molecule has 0 aliphatic heterocycles. The lowest BCUT2D eigenvalue weighted by atomic mass is 9.93. The number of hydrogen-bond donors (Lipinski definition) is 0. The van der Waals surface area contributed by atoms with E-state index >= 15 is 0 Å². The van der Waals surface area contributed by atoms with Crippen molar-refractivity contribution in [1.29, 1.82) is 0 Å². The molecule has 1 aromatic heterocycles. The maximum atomic E-state index is 4.91. The van der Waals surface area contributed by atoms with Crippen molar-refractivity contribution >= 4 is 43.2 Å². The van der Waals surface area contributed by atoms with Crippen molar-refractivity contribution in [2.45, 2.75) is 13.3 Å². The third-order valence-electron chi connectivity index (χ3n) is 4.98. The number of fused-ring (bicyclic) bond motifs is 7. The van der Waals surface area contributed by atoms with Crippen LogP contribution in [-0.2, 0) is 6.42 Å². The highest BCUT2D eigenvalue weighted by atomic mass is 14.7. The van der Waals surface area contributed by atoms with Gasteiger partial charge >= 0.3 is 0 Å². The van der Waals surface area contributed by atoms with Crippen LogP contribution in [0.4, 0.5) is 0 Å². The summed E-state index contributed by atoms with van der Waals surface area (Å²) in [5.41, 5.74) is 2.26. The highest BCUT2D eigenvalue weighted by Gasteiger charge is 2.12. The number of aromatic nitrogens is 1. The Morgan fingerprint density at radius 2 is 1.33 bits per heavy atom. The van der Waals surface area contributed by atoms with Gasteiger partial charge in [-0.25, -0.2) is 0 Å². The second-order valence-electron chi connectivity index (χ2n) is 6.30. The van der Waals surface area contributed by atoms with Crippen LogP contribution in [0.25, 0.3) is 43.2 Å². The third-order valence-corrected chi connectivity index (χ3v) is 4.98. The predicted molar refractivity (Wildman–Crippen MR) is 104 cm³/mol. The van der Waals surface area contributed by atoms with E-state index in [1.165, 1.54) is 43.4 Å². The Kier molecular flexibility index (Phi) is 2.83. The van der Waals surface area contributed by atoms with Crippen LogP contribution in [0.2, 0.25) is 0 Å². The van der Waals surface area contributed by atoms with E-state index in [4.69, 9.17) is 4.98 Å². The molecule has 0 fully saturated rings. The van der Waals surface area contributed by atoms with E-state index in [0.29, 0.717) is 0 Å². The van der Waals surface area contributed by atoms with Gasteiger partial charge in [0.2, 0.25) is 0 Å². The van der Waals surface area contributed by atoms with Crippen molar-refractivity contribution in [3.63, 3.8) is 0 Å². The topological polar surface area (TPSA) is 12.9 Å². The van der Waals surface area contributed by atoms with Crippen molar-refractivity contribution in [2.24, 2.45) is 0 Å². The number of aryl methyl sites for hydroxylation is 1. The second-order valence-corrected chi connectivity index (χ2v) is 6.30. The summed E-state index contributed by atoms with van der Waals surface area (Å²) in [5, 5.41) is 9.10. The van der Waals surface area contributed by atoms with Gasteiger partial charge in [0.1, 0.15) is 0 Å². The predicted octanol–water partition coefficient (Wildman–Crippen LogP) is 6.26. The van der Waals surface area contributed by atoms with Crippen molar-refractivity contribution in [3.8, 4) is 0 Å². The van der Waals surface area contributed by atoms with Gasteiger partial charge in [-0.3, -0.25) is 4.98 Å². The summed E-state index contributed by atoms with van der Waals surface area (Å²) in [6.45, 7) is 2.18. The molecule has 0 saturated carbocycles. The highest BCUT2D eigenvalue weighted by Crippen LogP contribution is 2.37. The van der Waals surface area contributed by atoms with E-state index in [1.54, 1.807) is 0 Å². The molecule has 5 aromatic rings. The molecule has 0 aliphatic rings. The molecule has 0 N–H and O–H groups in total. The minimum atomic E-state index is 0.942. The number of para-hydroxylation sites is 1. The fraction of sp³-hybridized carbons (Fsp3) is 0.0870. The molecule has 0 atom stereocenters. The zero-order valence-electron chi connectivity index (χ0n) is 13.6. The average Bonchev–Trinajstić information content (AvgIpc) is 2.66. The summed E-state index contributed by atoms with van der Waals surface area (Å²) in [6, 6.07) is 26.1. The molecule has 4 aromatic carbocycles. The molecule has 1 heteroatoms. The Hall–Kier alpha value is -2.93. The standard InChI is InChI=1S/C23H17N/c1-2-20-19-14-13-16-12-11-15-7-3-4-8-17(15)22(16)23(19)18-9-5-6-10-21(18)24-20/h3-14H,2H2,1H3. The fourth-order valence-electron chi connectivity index (χ4n) is 3.88. The molecule has 5 rings (SSSR count). The molecule has 0 radical (unpaired) electrons. The van der Waals surface area contributed by atoms with Crippen molar-refractivity contribution in [1.82, 2.24) is 4.98 Å². The lowest BCUT2D eigenvalue weighted by molar-refractivity contribution is 1.08. The quantitative estimate of drug-likeness (QED) is 0.333. The van der Waals surface area contributed by atoms with Gasteiger partial charge in [0.15, 0.2) is 0 Å². The fourth-order valence-corrected chi connectivity index (χ4v) is 3.88. The van der Waals surface area contributed by atoms with E-state index in [-0.39, 0.29) is 0 Å². The van der Waals surface area contributed by atoms with Gasteiger partial charge < -0.3 is 0 Å². The lowest BCUT2D eigenvalue weighted by Gasteiger charge is -2.13. The first-order valence-corrected chi connectivity index (χ1v) is 8.48. The van der Waals surface area contributed by atoms with E-state index in [2.05, 4.69) is 79.7 Å². The average molecular weight is 307 g/mol. The maximum absolute atomic E-state index is 4.91. The van der Waals surface area contributed by atoms with Crippen LogP contribution in [-0.4, -0.2) is 4.98 Å². The van der Waals surface area contributed by atoms with Gasteiger partial charge in [-0.2, -0.15) is 0 Å². The molecule has 0 saturated heterocycles. The van der Waals surface area contributed by atoms with Crippen molar-refractivity contribution in [2.75, 3.05) is 0 Å². The summed E-state index contributed by atoms with van der Waals surface area (Å²) < 4.78 is 0. The van der Waals surface area contributed by atoms with E-state index < -0.39 is 0 Å². The van der Waals surface area contributed by atoms with Gasteiger partial charge in [0.05, 0.1) is 5.52 Å². The molecule has 0 bridgehead atoms. The first-order valence-electron chi connectivity index (χ1n) is 8.48. The Morgan fingerprint density at radius 1 is 0.625 bits per heavy atom. The Labute approximate surface area is 140 Å². The van der Waals surface area contributed by atoms with Crippen LogP contribution in [0.1, 0.15) is 12.6 Å². The molecule has 0 unspecified atom stereocenters. The van der Waals surface area contributed by atoms with E-state index in [1.807, 2.05) is 0 Å². The SMILES string of the molecule is CCc1nc2ccccc2c2c1ccc1ccc3ccccc3c12. The molecule has 24 heavy (non-hydrogen) atoms. The van der Waals surface area contributed by atoms with Crippen LogP contribution in [0.15, 0.2) is 72.8 Å². The van der Waals surface area contributed by atoms with Gasteiger partial charge in [-0.1, -0.05) is 73.7 Å². The van der Waals surface area contributed by atoms with Gasteiger partial charge in [-0.15, -0.1) is 0 Å². The molecule has 1 heterocycles. The first kappa shape index (κ1) is 13.5. The summed E-state index contributed by atoms with van der Waals surface area (Å²) in [6.07, 6.45) is 0.942. The lowest BCUT2D eigenvalue weighted by Crippen LogP contribution is -1.93. The van der Waals surface area contributed by atoms with E-state index in [0.717, 1.165) is 11.9 Å². The molecule has 114 valence electrons. The minimum Gasteiger partial charge on any atom is -0.252 e. The summed E-state index contributed by atoms with van der Waals surface area (Å²) >= 11 is 0. The smallest absolute Gasteiger partial charge is 0.0712 e. The zero-order chi connectivity index (χ0) is 16.1. The molecule has 0 amide bonds. The maximum Gasteiger partial charge on any atom is 0.0712 e. The van der Waals surface area contributed by atoms with Crippen LogP contribution in [0, 0.1) is 0 Å². The minimum absolute atomic E-state index is 0.942. The number of nitrogens with zero attached hydrogens (tertiary/aromatic N) is 1. The molecular formula is C23H17N. The van der Waals surface area contributed by atoms with Crippen LogP contribution < -0.4 is 0 Å². The summed E-state index contributed by atoms with van der Waals surface area (Å²) in [5.74, 6) is 0. The van der Waals surface area contributed by atoms with Crippen LogP contribution in [0.3, 0.4) is 0 Å².